The zero-order valence-corrected chi connectivity index (χ0v) is 7.91. The molecule has 0 fully saturated rings. The number of unbranched alkanes of at least 4 members (excludes halogenated alkanes) is 1. The molecule has 1 N–H and O–H groups in total. The number of rotatable bonds is 1. The van der Waals surface area contributed by atoms with Crippen molar-refractivity contribution in [1.29, 1.82) is 0 Å². The van der Waals surface area contributed by atoms with Gasteiger partial charge in [-0.15, -0.1) is 0 Å². The van der Waals surface area contributed by atoms with E-state index in [0.29, 0.717) is 0 Å². The van der Waals surface area contributed by atoms with E-state index in [9.17, 15) is 9.59 Å². The average molecular weight is 182 g/mol. The van der Waals surface area contributed by atoms with Gasteiger partial charge >= 0.3 is 0 Å². The van der Waals surface area contributed by atoms with Gasteiger partial charge in [-0.3, -0.25) is 9.59 Å². The number of aliphatic hydroxyl groups excluding tert-OH is 1. The van der Waals surface area contributed by atoms with Crippen molar-refractivity contribution in [3.63, 3.8) is 0 Å². The first-order valence-electron chi connectivity index (χ1n) is 4.28. The molecule has 72 valence electrons. The first-order chi connectivity index (χ1) is 6.11. The highest BCUT2D eigenvalue weighted by molar-refractivity contribution is 6.15. The highest BCUT2D eigenvalue weighted by Gasteiger charge is 2.09. The number of ketones is 2. The van der Waals surface area contributed by atoms with Crippen molar-refractivity contribution < 1.29 is 14.7 Å². The maximum atomic E-state index is 10.4. The summed E-state index contributed by atoms with van der Waals surface area (Å²) in [4.78, 5) is 20.7. The zero-order chi connectivity index (χ0) is 10.3. The molecule has 0 aromatic heterocycles. The van der Waals surface area contributed by atoms with E-state index in [-0.39, 0.29) is 5.78 Å². The predicted octanol–water partition coefficient (Wildman–Crippen LogP) is 1.94. The van der Waals surface area contributed by atoms with Gasteiger partial charge in [0.05, 0.1) is 0 Å². The van der Waals surface area contributed by atoms with Crippen LogP contribution in [0.15, 0.2) is 24.0 Å². The molecule has 0 atom stereocenters. The summed E-state index contributed by atoms with van der Waals surface area (Å²) >= 11 is 0. The van der Waals surface area contributed by atoms with Gasteiger partial charge in [-0.25, -0.2) is 0 Å². The molecule has 0 aromatic carbocycles. The first-order valence-corrected chi connectivity index (χ1v) is 4.28. The average Bonchev–Trinajstić information content (AvgIpc) is 2.12. The summed E-state index contributed by atoms with van der Waals surface area (Å²) in [6.45, 7) is 4.36. The smallest absolute Gasteiger partial charge is 0.220 e. The zero-order valence-electron chi connectivity index (χ0n) is 7.91. The van der Waals surface area contributed by atoms with Crippen molar-refractivity contribution in [3.05, 3.63) is 24.0 Å². The van der Waals surface area contributed by atoms with Crippen LogP contribution in [0.5, 0.6) is 0 Å². The molecule has 0 bridgehead atoms. The van der Waals surface area contributed by atoms with Crippen LogP contribution in [0.25, 0.3) is 0 Å². The van der Waals surface area contributed by atoms with Crippen LogP contribution in [0.3, 0.4) is 0 Å². The molecular weight excluding hydrogens is 168 g/mol. The Hall–Kier alpha value is -1.38. The minimum Gasteiger partial charge on any atom is -0.504 e. The molecule has 3 nitrogen and oxygen atoms in total. The van der Waals surface area contributed by atoms with E-state index in [2.05, 4.69) is 13.8 Å². The van der Waals surface area contributed by atoms with E-state index in [0.717, 1.165) is 18.2 Å². The summed E-state index contributed by atoms with van der Waals surface area (Å²) in [6.07, 6.45) is 5.68. The Bertz CT molecular complexity index is 247. The maximum absolute atomic E-state index is 10.4. The molecule has 0 aromatic rings. The fourth-order valence-electron chi connectivity index (χ4n) is 0.497. The minimum atomic E-state index is -0.519. The number of aliphatic hydroxyl groups is 1. The fourth-order valence-corrected chi connectivity index (χ4v) is 0.497. The fraction of sp³-hybridized carbons (Fsp3) is 0.400. The molecule has 1 rings (SSSR count). The topological polar surface area (TPSA) is 54.4 Å². The van der Waals surface area contributed by atoms with E-state index < -0.39 is 11.5 Å². The van der Waals surface area contributed by atoms with E-state index in [4.69, 9.17) is 5.11 Å². The molecule has 0 radical (unpaired) electrons. The third-order valence-corrected chi connectivity index (χ3v) is 1.43. The number of carbonyl (C=O) groups is 2. The Labute approximate surface area is 77.8 Å². The van der Waals surface area contributed by atoms with Gasteiger partial charge in [-0.05, 0) is 12.2 Å². The molecule has 3 heteroatoms. The number of carbonyl (C=O) groups excluding carboxylic acids is 2. The van der Waals surface area contributed by atoms with Crippen LogP contribution >= 0.6 is 0 Å². The molecule has 1 aliphatic carbocycles. The third kappa shape index (κ3) is 4.95. The predicted molar refractivity (Wildman–Crippen MR) is 50.4 cm³/mol. The summed E-state index contributed by atoms with van der Waals surface area (Å²) < 4.78 is 0. The van der Waals surface area contributed by atoms with Crippen LogP contribution in [-0.4, -0.2) is 16.7 Å². The largest absolute Gasteiger partial charge is 0.504 e. The third-order valence-electron chi connectivity index (χ3n) is 1.43. The lowest BCUT2D eigenvalue weighted by molar-refractivity contribution is -0.116. The molecule has 0 unspecified atom stereocenters. The summed E-state index contributed by atoms with van der Waals surface area (Å²) in [5.41, 5.74) is 0. The number of hydrogen-bond donors (Lipinski definition) is 1. The molecule has 0 saturated carbocycles. The Balaban J connectivity index is 0.000000310. The molecule has 0 spiro atoms. The molecular formula is C10H14O3. The monoisotopic (exact) mass is 182 g/mol. The summed E-state index contributed by atoms with van der Waals surface area (Å²) in [5, 5.41) is 8.59. The van der Waals surface area contributed by atoms with Crippen molar-refractivity contribution in [1.82, 2.24) is 0 Å². The van der Waals surface area contributed by atoms with E-state index >= 15 is 0 Å². The van der Waals surface area contributed by atoms with Crippen molar-refractivity contribution in [2.45, 2.75) is 26.7 Å². The second-order valence-corrected chi connectivity index (χ2v) is 2.63. The molecule has 0 heterocycles. The van der Waals surface area contributed by atoms with Crippen LogP contribution in [0.4, 0.5) is 0 Å². The summed E-state index contributed by atoms with van der Waals surface area (Å²) in [5.74, 6) is -1.36. The van der Waals surface area contributed by atoms with Gasteiger partial charge in [0.15, 0.2) is 11.5 Å². The molecule has 0 aliphatic heterocycles. The lowest BCUT2D eigenvalue weighted by Crippen LogP contribution is -2.05. The molecule has 0 amide bonds. The van der Waals surface area contributed by atoms with Gasteiger partial charge in [-0.2, -0.15) is 0 Å². The van der Waals surface area contributed by atoms with Gasteiger partial charge in [-0.1, -0.05) is 26.7 Å². The van der Waals surface area contributed by atoms with Gasteiger partial charge in [0.2, 0.25) is 5.78 Å². The molecule has 1 aliphatic rings. The Morgan fingerprint density at radius 2 is 1.69 bits per heavy atom. The quantitative estimate of drug-likeness (QED) is 0.630. The number of hydrogen-bond acceptors (Lipinski definition) is 3. The second-order valence-electron chi connectivity index (χ2n) is 2.63. The van der Waals surface area contributed by atoms with Crippen molar-refractivity contribution in [2.75, 3.05) is 0 Å². The van der Waals surface area contributed by atoms with Crippen LogP contribution in [-0.2, 0) is 9.59 Å². The number of allylic oxidation sites excluding steroid dienone is 3. The van der Waals surface area contributed by atoms with Crippen LogP contribution in [0.1, 0.15) is 26.7 Å². The Morgan fingerprint density at radius 3 is 2.00 bits per heavy atom. The summed E-state index contributed by atoms with van der Waals surface area (Å²) in [6, 6.07) is 0. The lowest BCUT2D eigenvalue weighted by Gasteiger charge is -1.95. The van der Waals surface area contributed by atoms with Gasteiger partial charge in [0, 0.05) is 6.08 Å². The van der Waals surface area contributed by atoms with Gasteiger partial charge < -0.3 is 5.11 Å². The minimum absolute atomic E-state index is 0.355. The SMILES string of the molecule is CCCC.O=C1C=CC(=O)C(O)=C1. The van der Waals surface area contributed by atoms with Crippen LogP contribution in [0.2, 0.25) is 0 Å². The van der Waals surface area contributed by atoms with Crippen LogP contribution in [0, 0.1) is 0 Å². The highest BCUT2D eigenvalue weighted by atomic mass is 16.3. The van der Waals surface area contributed by atoms with E-state index in [1.165, 1.54) is 12.8 Å². The van der Waals surface area contributed by atoms with Crippen molar-refractivity contribution >= 4 is 11.6 Å². The standard InChI is InChI=1S/C6H4O3.C4H10/c7-4-1-2-5(8)6(9)3-4;1-3-4-2/h1-3,9H;3-4H2,1-2H3. The second kappa shape index (κ2) is 6.17. The lowest BCUT2D eigenvalue weighted by atomic mass is 10.1. The molecule has 0 saturated heterocycles. The van der Waals surface area contributed by atoms with Gasteiger partial charge in [0.25, 0.3) is 0 Å². The van der Waals surface area contributed by atoms with E-state index in [1.807, 2.05) is 0 Å². The maximum Gasteiger partial charge on any atom is 0.220 e. The highest BCUT2D eigenvalue weighted by Crippen LogP contribution is 1.99. The Kier molecular flexibility index (Phi) is 5.52. The van der Waals surface area contributed by atoms with E-state index in [1.54, 1.807) is 0 Å². The van der Waals surface area contributed by atoms with Crippen LogP contribution < -0.4 is 0 Å². The normalized spacial score (nSPS) is 14.8. The van der Waals surface area contributed by atoms with Crippen molar-refractivity contribution in [3.8, 4) is 0 Å². The van der Waals surface area contributed by atoms with Gasteiger partial charge in [0.1, 0.15) is 0 Å². The van der Waals surface area contributed by atoms with Crippen molar-refractivity contribution in [2.24, 2.45) is 0 Å². The summed E-state index contributed by atoms with van der Waals surface area (Å²) in [7, 11) is 0. The Morgan fingerprint density at radius 1 is 1.15 bits per heavy atom. The molecule has 13 heavy (non-hydrogen) atoms. The first kappa shape index (κ1) is 11.6.